The molecule has 4 unspecified atom stereocenters. The topological polar surface area (TPSA) is 0 Å². The van der Waals surface area contributed by atoms with Gasteiger partial charge in [-0.25, -0.2) is 0 Å². The standard InChI is InChI=1S/C18H16/c1-3-7-13(8-4-1)17-11-15(17)16-12-18(16,17)14-9-5-2-6-10-14/h1-10,15-16H,11-12H2. The first-order chi connectivity index (χ1) is 8.89. The summed E-state index contributed by atoms with van der Waals surface area (Å²) in [4.78, 5) is 0. The first-order valence-electron chi connectivity index (χ1n) is 7.01. The van der Waals surface area contributed by atoms with Crippen molar-refractivity contribution in [2.75, 3.05) is 0 Å². The van der Waals surface area contributed by atoms with E-state index >= 15 is 0 Å². The SMILES string of the molecule is c1ccc(C23CC2C2CC23c2ccccc2)cc1. The summed E-state index contributed by atoms with van der Waals surface area (Å²) in [7, 11) is 0. The van der Waals surface area contributed by atoms with Crippen LogP contribution in [0.25, 0.3) is 0 Å². The van der Waals surface area contributed by atoms with Crippen molar-refractivity contribution < 1.29 is 0 Å². The largest absolute Gasteiger partial charge is 0.0622 e. The van der Waals surface area contributed by atoms with Gasteiger partial charge in [-0.05, 0) is 35.8 Å². The van der Waals surface area contributed by atoms with Gasteiger partial charge >= 0.3 is 0 Å². The van der Waals surface area contributed by atoms with Gasteiger partial charge in [0.25, 0.3) is 0 Å². The van der Waals surface area contributed by atoms with Gasteiger partial charge in [-0.3, -0.25) is 0 Å². The molecule has 0 radical (unpaired) electrons. The Bertz CT molecular complexity index is 558. The van der Waals surface area contributed by atoms with Crippen LogP contribution in [0.5, 0.6) is 0 Å². The third-order valence-electron chi connectivity index (χ3n) is 5.89. The van der Waals surface area contributed by atoms with Crippen LogP contribution in [0, 0.1) is 11.8 Å². The van der Waals surface area contributed by atoms with Crippen LogP contribution in [-0.2, 0) is 10.8 Å². The molecule has 0 bridgehead atoms. The Morgan fingerprint density at radius 3 is 1.33 bits per heavy atom. The summed E-state index contributed by atoms with van der Waals surface area (Å²) in [6.07, 6.45) is 2.85. The van der Waals surface area contributed by atoms with Gasteiger partial charge in [0.05, 0.1) is 0 Å². The monoisotopic (exact) mass is 232 g/mol. The fourth-order valence-electron chi connectivity index (χ4n) is 5.13. The zero-order valence-electron chi connectivity index (χ0n) is 10.3. The van der Waals surface area contributed by atoms with E-state index in [9.17, 15) is 0 Å². The van der Waals surface area contributed by atoms with Crippen LogP contribution < -0.4 is 0 Å². The van der Waals surface area contributed by atoms with E-state index in [2.05, 4.69) is 60.7 Å². The van der Waals surface area contributed by atoms with Gasteiger partial charge < -0.3 is 0 Å². The van der Waals surface area contributed by atoms with Crippen LogP contribution >= 0.6 is 0 Å². The van der Waals surface area contributed by atoms with Crippen molar-refractivity contribution in [2.24, 2.45) is 11.8 Å². The summed E-state index contributed by atoms with van der Waals surface area (Å²) < 4.78 is 0. The second-order valence-electron chi connectivity index (χ2n) is 6.30. The van der Waals surface area contributed by atoms with Crippen LogP contribution in [-0.4, -0.2) is 0 Å². The van der Waals surface area contributed by atoms with E-state index in [0.29, 0.717) is 10.8 Å². The molecular formula is C18H16. The second kappa shape index (κ2) is 2.71. The fraction of sp³-hybridized carbons (Fsp3) is 0.333. The molecule has 0 heteroatoms. The highest BCUT2D eigenvalue weighted by molar-refractivity contribution is 5.60. The molecule has 2 aromatic carbocycles. The van der Waals surface area contributed by atoms with E-state index in [-0.39, 0.29) is 0 Å². The average Bonchev–Trinajstić information content (AvgIpc) is 3.29. The van der Waals surface area contributed by atoms with E-state index in [1.165, 1.54) is 12.8 Å². The lowest BCUT2D eigenvalue weighted by Gasteiger charge is -2.38. The smallest absolute Gasteiger partial charge is 0.00872 e. The van der Waals surface area contributed by atoms with E-state index in [0.717, 1.165) is 11.8 Å². The zero-order valence-corrected chi connectivity index (χ0v) is 10.3. The summed E-state index contributed by atoms with van der Waals surface area (Å²) >= 11 is 0. The van der Waals surface area contributed by atoms with Crippen molar-refractivity contribution in [3.8, 4) is 0 Å². The highest BCUT2D eigenvalue weighted by atomic mass is 14.9. The number of hydrogen-bond donors (Lipinski definition) is 0. The molecule has 0 amide bonds. The minimum atomic E-state index is 0.514. The molecule has 5 rings (SSSR count). The molecule has 0 saturated heterocycles. The average molecular weight is 232 g/mol. The normalized spacial score (nSPS) is 42.4. The van der Waals surface area contributed by atoms with E-state index in [4.69, 9.17) is 0 Å². The maximum Gasteiger partial charge on any atom is 0.00872 e. The van der Waals surface area contributed by atoms with Crippen molar-refractivity contribution in [3.05, 3.63) is 71.8 Å². The van der Waals surface area contributed by atoms with Gasteiger partial charge in [0, 0.05) is 10.8 Å². The zero-order chi connectivity index (χ0) is 11.8. The van der Waals surface area contributed by atoms with Crippen LogP contribution in [0.15, 0.2) is 60.7 Å². The molecule has 3 aliphatic rings. The van der Waals surface area contributed by atoms with E-state index < -0.39 is 0 Å². The highest BCUT2D eigenvalue weighted by Crippen LogP contribution is 2.92. The lowest BCUT2D eigenvalue weighted by atomic mass is 9.65. The maximum absolute atomic E-state index is 2.35. The third-order valence-corrected chi connectivity index (χ3v) is 5.89. The minimum Gasteiger partial charge on any atom is -0.0622 e. The molecule has 3 aliphatic carbocycles. The molecule has 0 heterocycles. The highest BCUT2D eigenvalue weighted by Gasteiger charge is 2.90. The van der Waals surface area contributed by atoms with Gasteiger partial charge in [-0.2, -0.15) is 0 Å². The Balaban J connectivity index is 1.66. The molecule has 4 atom stereocenters. The van der Waals surface area contributed by atoms with Crippen LogP contribution in [0.2, 0.25) is 0 Å². The molecular weight excluding hydrogens is 216 g/mol. The second-order valence-corrected chi connectivity index (χ2v) is 6.30. The molecule has 0 nitrogen and oxygen atoms in total. The molecule has 3 fully saturated rings. The number of fused-ring (bicyclic) bond motifs is 4. The molecule has 0 aliphatic heterocycles. The van der Waals surface area contributed by atoms with Gasteiger partial charge in [0.15, 0.2) is 0 Å². The molecule has 88 valence electrons. The molecule has 2 aromatic rings. The van der Waals surface area contributed by atoms with Crippen molar-refractivity contribution in [1.29, 1.82) is 0 Å². The minimum absolute atomic E-state index is 0.514. The summed E-state index contributed by atoms with van der Waals surface area (Å²) in [5.41, 5.74) is 4.21. The number of rotatable bonds is 2. The molecule has 18 heavy (non-hydrogen) atoms. The van der Waals surface area contributed by atoms with E-state index in [1.54, 1.807) is 11.1 Å². The third kappa shape index (κ3) is 0.791. The lowest BCUT2D eigenvalue weighted by Crippen LogP contribution is -2.38. The van der Waals surface area contributed by atoms with Crippen molar-refractivity contribution in [1.82, 2.24) is 0 Å². The summed E-state index contributed by atoms with van der Waals surface area (Å²) in [5.74, 6) is 1.97. The Kier molecular flexibility index (Phi) is 1.41. The van der Waals surface area contributed by atoms with Gasteiger partial charge in [0.1, 0.15) is 0 Å². The first-order valence-corrected chi connectivity index (χ1v) is 7.01. The molecule has 0 N–H and O–H groups in total. The predicted molar refractivity (Wildman–Crippen MR) is 72.5 cm³/mol. The van der Waals surface area contributed by atoms with Crippen molar-refractivity contribution >= 4 is 0 Å². The lowest BCUT2D eigenvalue weighted by molar-refractivity contribution is 0.311. The Morgan fingerprint density at radius 2 is 1.00 bits per heavy atom. The Morgan fingerprint density at radius 1 is 0.611 bits per heavy atom. The van der Waals surface area contributed by atoms with Gasteiger partial charge in [0.2, 0.25) is 0 Å². The van der Waals surface area contributed by atoms with Crippen molar-refractivity contribution in [2.45, 2.75) is 23.7 Å². The van der Waals surface area contributed by atoms with Gasteiger partial charge in [-0.15, -0.1) is 0 Å². The van der Waals surface area contributed by atoms with Crippen LogP contribution in [0.1, 0.15) is 24.0 Å². The van der Waals surface area contributed by atoms with Crippen LogP contribution in [0.4, 0.5) is 0 Å². The molecule has 3 saturated carbocycles. The summed E-state index contributed by atoms with van der Waals surface area (Å²) in [5, 5.41) is 0. The van der Waals surface area contributed by atoms with Crippen LogP contribution in [0.3, 0.4) is 0 Å². The fourth-order valence-corrected chi connectivity index (χ4v) is 5.13. The summed E-state index contributed by atoms with van der Waals surface area (Å²) in [6, 6.07) is 22.5. The Labute approximate surface area is 108 Å². The first kappa shape index (κ1) is 9.38. The quantitative estimate of drug-likeness (QED) is 0.736. The molecule has 0 aromatic heterocycles. The van der Waals surface area contributed by atoms with E-state index in [1.807, 2.05) is 0 Å². The predicted octanol–water partition coefficient (Wildman–Crippen LogP) is 3.92. The van der Waals surface area contributed by atoms with Gasteiger partial charge in [-0.1, -0.05) is 60.7 Å². The molecule has 0 spiro atoms. The Hall–Kier alpha value is -1.56. The summed E-state index contributed by atoms with van der Waals surface area (Å²) in [6.45, 7) is 0. The number of hydrogen-bond acceptors (Lipinski definition) is 0. The number of benzene rings is 2. The van der Waals surface area contributed by atoms with Crippen molar-refractivity contribution in [3.63, 3.8) is 0 Å². The maximum atomic E-state index is 2.35.